The third-order valence-electron chi connectivity index (χ3n) is 3.19. The van der Waals surface area contributed by atoms with Crippen LogP contribution in [0.25, 0.3) is 0 Å². The van der Waals surface area contributed by atoms with Gasteiger partial charge in [-0.15, -0.1) is 0 Å². The second-order valence-corrected chi connectivity index (χ2v) is 5.03. The summed E-state index contributed by atoms with van der Waals surface area (Å²) < 4.78 is 0. The highest BCUT2D eigenvalue weighted by Gasteiger charge is 2.14. The van der Waals surface area contributed by atoms with Gasteiger partial charge in [-0.2, -0.15) is 0 Å². The Morgan fingerprint density at radius 3 is 2.38 bits per heavy atom. The number of carboxylic acids is 1. The zero-order chi connectivity index (χ0) is 15.7. The van der Waals surface area contributed by atoms with Crippen LogP contribution < -0.4 is 16.8 Å². The van der Waals surface area contributed by atoms with Crippen molar-refractivity contribution in [3.63, 3.8) is 0 Å². The highest BCUT2D eigenvalue weighted by atomic mass is 16.4. The van der Waals surface area contributed by atoms with Crippen LogP contribution >= 0.6 is 0 Å². The fraction of sp³-hybridized carbons (Fsp3) is 0.467. The Morgan fingerprint density at radius 2 is 1.76 bits per heavy atom. The fourth-order valence-corrected chi connectivity index (χ4v) is 1.92. The van der Waals surface area contributed by atoms with Gasteiger partial charge in [0.1, 0.15) is 6.04 Å². The second-order valence-electron chi connectivity index (χ2n) is 5.03. The maximum Gasteiger partial charge on any atom is 0.320 e. The molecule has 0 radical (unpaired) electrons. The number of hydrogen-bond donors (Lipinski definition) is 4. The van der Waals surface area contributed by atoms with Crippen molar-refractivity contribution in [1.29, 1.82) is 0 Å². The highest BCUT2D eigenvalue weighted by molar-refractivity contribution is 5.81. The Labute approximate surface area is 124 Å². The summed E-state index contributed by atoms with van der Waals surface area (Å²) in [7, 11) is 0. The number of nitrogens with one attached hydrogen (secondary N) is 1. The van der Waals surface area contributed by atoms with Gasteiger partial charge in [0.05, 0.1) is 6.04 Å². The van der Waals surface area contributed by atoms with Crippen molar-refractivity contribution in [2.45, 2.75) is 37.8 Å². The molecule has 6 heteroatoms. The SMILES string of the molecule is N[C@@H](CCCCNC(=O)[C@@H](N)Cc1ccccc1)C(=O)O. The lowest BCUT2D eigenvalue weighted by Crippen LogP contribution is -2.42. The highest BCUT2D eigenvalue weighted by Crippen LogP contribution is 2.02. The number of nitrogens with two attached hydrogens (primary N) is 2. The normalized spacial score (nSPS) is 13.4. The van der Waals surface area contributed by atoms with Crippen molar-refractivity contribution in [1.82, 2.24) is 5.32 Å². The minimum Gasteiger partial charge on any atom is -0.480 e. The topological polar surface area (TPSA) is 118 Å². The zero-order valence-corrected chi connectivity index (χ0v) is 12.0. The molecule has 0 heterocycles. The van der Waals surface area contributed by atoms with Crippen LogP contribution in [0.4, 0.5) is 0 Å². The molecule has 0 saturated carbocycles. The lowest BCUT2D eigenvalue weighted by molar-refractivity contribution is -0.138. The molecule has 0 spiro atoms. The van der Waals surface area contributed by atoms with Gasteiger partial charge in [0.25, 0.3) is 0 Å². The molecule has 0 aliphatic rings. The van der Waals surface area contributed by atoms with Crippen molar-refractivity contribution >= 4 is 11.9 Å². The summed E-state index contributed by atoms with van der Waals surface area (Å²) in [5.41, 5.74) is 12.2. The average Bonchev–Trinajstić information content (AvgIpc) is 2.47. The molecule has 0 saturated heterocycles. The number of unbranched alkanes of at least 4 members (excludes halogenated alkanes) is 1. The fourth-order valence-electron chi connectivity index (χ4n) is 1.92. The van der Waals surface area contributed by atoms with Gasteiger partial charge in [-0.05, 0) is 31.2 Å². The number of benzene rings is 1. The first kappa shape index (κ1) is 17.1. The number of rotatable bonds is 9. The molecule has 1 rings (SSSR count). The lowest BCUT2D eigenvalue weighted by Gasteiger charge is -2.12. The first-order valence-electron chi connectivity index (χ1n) is 7.06. The average molecular weight is 293 g/mol. The number of amides is 1. The largest absolute Gasteiger partial charge is 0.480 e. The van der Waals surface area contributed by atoms with E-state index in [2.05, 4.69) is 5.32 Å². The van der Waals surface area contributed by atoms with E-state index in [9.17, 15) is 9.59 Å². The number of carbonyl (C=O) groups excluding carboxylic acids is 1. The Morgan fingerprint density at radius 1 is 1.10 bits per heavy atom. The van der Waals surface area contributed by atoms with E-state index in [4.69, 9.17) is 16.6 Å². The molecule has 6 nitrogen and oxygen atoms in total. The summed E-state index contributed by atoms with van der Waals surface area (Å²) >= 11 is 0. The van der Waals surface area contributed by atoms with Crippen molar-refractivity contribution in [2.75, 3.05) is 6.54 Å². The maximum atomic E-state index is 11.8. The quantitative estimate of drug-likeness (QED) is 0.487. The van der Waals surface area contributed by atoms with Crippen LogP contribution in [0, 0.1) is 0 Å². The van der Waals surface area contributed by atoms with E-state index in [0.29, 0.717) is 32.2 Å². The van der Waals surface area contributed by atoms with E-state index in [-0.39, 0.29) is 5.91 Å². The molecule has 0 bridgehead atoms. The van der Waals surface area contributed by atoms with Crippen molar-refractivity contribution in [2.24, 2.45) is 11.5 Å². The van der Waals surface area contributed by atoms with Gasteiger partial charge >= 0.3 is 5.97 Å². The Bertz CT molecular complexity index is 451. The molecule has 0 aromatic heterocycles. The standard InChI is InChI=1S/C15H23N3O3/c16-12(15(20)21)8-4-5-9-18-14(19)13(17)10-11-6-2-1-3-7-11/h1-3,6-7,12-13H,4-5,8-10,16-17H2,(H,18,19)(H,20,21)/t12-,13-/m0/s1. The van der Waals surface area contributed by atoms with Gasteiger partial charge in [0.15, 0.2) is 0 Å². The number of carboxylic acid groups (broad SMARTS) is 1. The van der Waals surface area contributed by atoms with Crippen molar-refractivity contribution in [3.05, 3.63) is 35.9 Å². The molecule has 1 amide bonds. The molecule has 1 aromatic carbocycles. The lowest BCUT2D eigenvalue weighted by atomic mass is 10.1. The molecule has 0 aliphatic heterocycles. The molecule has 0 aliphatic carbocycles. The molecule has 116 valence electrons. The Balaban J connectivity index is 2.17. The monoisotopic (exact) mass is 293 g/mol. The first-order chi connectivity index (χ1) is 10.0. The zero-order valence-electron chi connectivity index (χ0n) is 12.0. The predicted octanol–water partition coefficient (Wildman–Crippen LogP) is 0.255. The van der Waals surface area contributed by atoms with Gasteiger partial charge in [-0.25, -0.2) is 0 Å². The predicted molar refractivity (Wildman–Crippen MR) is 80.6 cm³/mol. The number of carbonyl (C=O) groups is 2. The molecule has 0 fully saturated rings. The van der Waals surface area contributed by atoms with Crippen LogP contribution in [0.3, 0.4) is 0 Å². The summed E-state index contributed by atoms with van der Waals surface area (Å²) in [5.74, 6) is -1.19. The molecular weight excluding hydrogens is 270 g/mol. The van der Waals surface area contributed by atoms with Crippen LogP contribution in [0.2, 0.25) is 0 Å². The maximum absolute atomic E-state index is 11.8. The van der Waals surface area contributed by atoms with Crippen molar-refractivity contribution in [3.8, 4) is 0 Å². The summed E-state index contributed by atoms with van der Waals surface area (Å²) in [6.07, 6.45) is 2.24. The van der Waals surface area contributed by atoms with E-state index in [1.54, 1.807) is 0 Å². The van der Waals surface area contributed by atoms with Crippen LogP contribution in [-0.4, -0.2) is 35.6 Å². The van der Waals surface area contributed by atoms with Gasteiger partial charge in [0.2, 0.25) is 5.91 Å². The van der Waals surface area contributed by atoms with Crippen LogP contribution in [0.5, 0.6) is 0 Å². The van der Waals surface area contributed by atoms with Crippen LogP contribution in [-0.2, 0) is 16.0 Å². The minimum absolute atomic E-state index is 0.193. The molecule has 6 N–H and O–H groups in total. The number of aliphatic carboxylic acids is 1. The molecule has 2 atom stereocenters. The molecule has 21 heavy (non-hydrogen) atoms. The van der Waals surface area contributed by atoms with Gasteiger partial charge in [-0.3, -0.25) is 9.59 Å². The number of hydrogen-bond acceptors (Lipinski definition) is 4. The van der Waals surface area contributed by atoms with Crippen LogP contribution in [0.1, 0.15) is 24.8 Å². The minimum atomic E-state index is -0.996. The van der Waals surface area contributed by atoms with E-state index in [0.717, 1.165) is 5.56 Å². The third kappa shape index (κ3) is 6.87. The summed E-state index contributed by atoms with van der Waals surface area (Å²) in [4.78, 5) is 22.3. The van der Waals surface area contributed by atoms with E-state index >= 15 is 0 Å². The Hall–Kier alpha value is -1.92. The van der Waals surface area contributed by atoms with Gasteiger partial charge in [-0.1, -0.05) is 30.3 Å². The molecule has 1 aromatic rings. The third-order valence-corrected chi connectivity index (χ3v) is 3.19. The molecular formula is C15H23N3O3. The summed E-state index contributed by atoms with van der Waals surface area (Å²) in [6, 6.07) is 8.18. The van der Waals surface area contributed by atoms with Crippen LogP contribution in [0.15, 0.2) is 30.3 Å². The van der Waals surface area contributed by atoms with E-state index < -0.39 is 18.1 Å². The first-order valence-corrected chi connectivity index (χ1v) is 7.06. The summed E-state index contributed by atoms with van der Waals surface area (Å²) in [5, 5.41) is 11.4. The van der Waals surface area contributed by atoms with Gasteiger partial charge < -0.3 is 21.9 Å². The van der Waals surface area contributed by atoms with E-state index in [1.165, 1.54) is 0 Å². The van der Waals surface area contributed by atoms with Gasteiger partial charge in [0, 0.05) is 6.54 Å². The van der Waals surface area contributed by atoms with Crippen molar-refractivity contribution < 1.29 is 14.7 Å². The Kier molecular flexibility index (Phi) is 7.42. The van der Waals surface area contributed by atoms with E-state index in [1.807, 2.05) is 30.3 Å². The molecule has 0 unspecified atom stereocenters. The summed E-state index contributed by atoms with van der Waals surface area (Å²) in [6.45, 7) is 0.480. The second kappa shape index (κ2) is 9.10. The smallest absolute Gasteiger partial charge is 0.320 e.